The summed E-state index contributed by atoms with van der Waals surface area (Å²) in [6, 6.07) is 10.9. The Balaban J connectivity index is 1.30. The number of rotatable bonds is 3. The number of halogens is 2. The third kappa shape index (κ3) is 3.66. The highest BCUT2D eigenvalue weighted by Crippen LogP contribution is 2.32. The van der Waals surface area contributed by atoms with Crippen LogP contribution in [-0.4, -0.2) is 46.3 Å². The van der Waals surface area contributed by atoms with Gasteiger partial charge in [0, 0.05) is 38.0 Å². The number of benzene rings is 2. The third-order valence-corrected chi connectivity index (χ3v) is 6.20. The molecule has 1 N–H and O–H groups in total. The zero-order chi connectivity index (χ0) is 21.5. The van der Waals surface area contributed by atoms with Crippen LogP contribution in [-0.2, 0) is 9.59 Å². The van der Waals surface area contributed by atoms with Crippen LogP contribution in [0.25, 0.3) is 11.0 Å². The Bertz CT molecular complexity index is 1130. The lowest BCUT2D eigenvalue weighted by molar-refractivity contribution is -0.137. The van der Waals surface area contributed by atoms with E-state index in [9.17, 15) is 18.4 Å². The second-order valence-electron chi connectivity index (χ2n) is 8.26. The van der Waals surface area contributed by atoms with Gasteiger partial charge in [0.2, 0.25) is 11.8 Å². The Morgan fingerprint density at radius 1 is 1.13 bits per heavy atom. The minimum atomic E-state index is -0.802. The van der Waals surface area contributed by atoms with Crippen LogP contribution in [0.1, 0.15) is 31.0 Å². The van der Waals surface area contributed by atoms with E-state index >= 15 is 0 Å². The summed E-state index contributed by atoms with van der Waals surface area (Å²) in [7, 11) is 0. The van der Waals surface area contributed by atoms with Gasteiger partial charge in [-0.1, -0.05) is 12.1 Å². The molecular weight excluding hydrogens is 402 g/mol. The molecule has 31 heavy (non-hydrogen) atoms. The van der Waals surface area contributed by atoms with Crippen molar-refractivity contribution in [1.82, 2.24) is 14.9 Å². The molecule has 0 radical (unpaired) electrons. The molecule has 5 rings (SSSR count). The van der Waals surface area contributed by atoms with Crippen LogP contribution in [0.5, 0.6) is 0 Å². The number of nitrogens with zero attached hydrogens (tertiary/aromatic N) is 3. The molecule has 0 bridgehead atoms. The van der Waals surface area contributed by atoms with Crippen LogP contribution in [0.2, 0.25) is 0 Å². The van der Waals surface area contributed by atoms with Crippen molar-refractivity contribution in [1.29, 1.82) is 0 Å². The van der Waals surface area contributed by atoms with Gasteiger partial charge in [-0.3, -0.25) is 9.59 Å². The Labute approximate surface area is 177 Å². The number of amides is 2. The number of likely N-dealkylation sites (tertiary alicyclic amines) is 1. The monoisotopic (exact) mass is 424 g/mol. The smallest absolute Gasteiger partial charge is 0.228 e. The number of H-pyrrole nitrogens is 1. The highest BCUT2D eigenvalue weighted by molar-refractivity contribution is 6.00. The van der Waals surface area contributed by atoms with Gasteiger partial charge >= 0.3 is 0 Å². The first-order chi connectivity index (χ1) is 15.0. The molecule has 8 heteroatoms. The van der Waals surface area contributed by atoms with Crippen molar-refractivity contribution in [3.63, 3.8) is 0 Å². The van der Waals surface area contributed by atoms with Crippen molar-refractivity contribution in [2.24, 2.45) is 5.92 Å². The largest absolute Gasteiger partial charge is 0.342 e. The quantitative estimate of drug-likeness (QED) is 0.699. The number of hydrogen-bond donors (Lipinski definition) is 1. The summed E-state index contributed by atoms with van der Waals surface area (Å²) < 4.78 is 27.4. The maximum Gasteiger partial charge on any atom is 0.228 e. The third-order valence-electron chi connectivity index (χ3n) is 6.20. The van der Waals surface area contributed by atoms with Crippen LogP contribution in [0.4, 0.5) is 14.5 Å². The molecule has 2 aliphatic heterocycles. The number of piperidine rings is 1. The lowest BCUT2D eigenvalue weighted by atomic mass is 9.95. The fourth-order valence-electron chi connectivity index (χ4n) is 4.63. The van der Waals surface area contributed by atoms with Crippen molar-refractivity contribution in [2.45, 2.75) is 25.2 Å². The topological polar surface area (TPSA) is 69.3 Å². The van der Waals surface area contributed by atoms with Gasteiger partial charge in [0.05, 0.1) is 22.6 Å². The SMILES string of the molecule is O=C(C1CC(=O)N(c2ccc(F)cc2F)C1)N1CCCC(c2nc3ccccc3[nH]2)C1. The lowest BCUT2D eigenvalue weighted by Gasteiger charge is -2.33. The Morgan fingerprint density at radius 3 is 2.77 bits per heavy atom. The Morgan fingerprint density at radius 2 is 1.97 bits per heavy atom. The highest BCUT2D eigenvalue weighted by Gasteiger charge is 2.39. The molecule has 6 nitrogen and oxygen atoms in total. The van der Waals surface area contributed by atoms with E-state index in [0.29, 0.717) is 13.1 Å². The van der Waals surface area contributed by atoms with Crippen LogP contribution in [0, 0.1) is 17.6 Å². The number of nitrogens with one attached hydrogen (secondary N) is 1. The number of anilines is 1. The first-order valence-corrected chi connectivity index (χ1v) is 10.5. The van der Waals surface area contributed by atoms with E-state index in [-0.39, 0.29) is 36.4 Å². The number of para-hydroxylation sites is 2. The number of aromatic nitrogens is 2. The normalized spacial score (nSPS) is 21.8. The molecule has 1 aromatic heterocycles. The van der Waals surface area contributed by atoms with Crippen molar-refractivity contribution in [2.75, 3.05) is 24.5 Å². The second-order valence-corrected chi connectivity index (χ2v) is 8.26. The number of aromatic amines is 1. The maximum absolute atomic E-state index is 14.1. The van der Waals surface area contributed by atoms with E-state index in [2.05, 4.69) is 9.97 Å². The summed E-state index contributed by atoms with van der Waals surface area (Å²) in [5, 5.41) is 0. The van der Waals surface area contributed by atoms with Crippen molar-refractivity contribution in [3.8, 4) is 0 Å². The van der Waals surface area contributed by atoms with E-state index in [1.54, 1.807) is 4.90 Å². The maximum atomic E-state index is 14.1. The first kappa shape index (κ1) is 19.7. The molecule has 0 aliphatic carbocycles. The van der Waals surface area contributed by atoms with Crippen LogP contribution < -0.4 is 4.90 Å². The predicted octanol–water partition coefficient (Wildman–Crippen LogP) is 3.60. The average molecular weight is 424 g/mol. The summed E-state index contributed by atoms with van der Waals surface area (Å²) in [5.74, 6) is -1.49. The predicted molar refractivity (Wildman–Crippen MR) is 111 cm³/mol. The van der Waals surface area contributed by atoms with Gasteiger partial charge in [-0.15, -0.1) is 0 Å². The number of carbonyl (C=O) groups excluding carboxylic acids is 2. The molecule has 160 valence electrons. The zero-order valence-corrected chi connectivity index (χ0v) is 16.9. The molecule has 2 aliphatic rings. The number of fused-ring (bicyclic) bond motifs is 1. The van der Waals surface area contributed by atoms with Gasteiger partial charge in [0.25, 0.3) is 0 Å². The first-order valence-electron chi connectivity index (χ1n) is 10.5. The average Bonchev–Trinajstić information content (AvgIpc) is 3.37. The molecule has 3 heterocycles. The summed E-state index contributed by atoms with van der Waals surface area (Å²) in [6.07, 6.45) is 1.81. The summed E-state index contributed by atoms with van der Waals surface area (Å²) in [4.78, 5) is 36.7. The molecule has 0 spiro atoms. The molecule has 2 aromatic carbocycles. The standard InChI is InChI=1S/C23H22F2N4O2/c24-16-7-8-20(17(25)11-16)29-13-15(10-21(29)30)23(31)28-9-3-4-14(12-28)22-26-18-5-1-2-6-19(18)27-22/h1-2,5-8,11,14-15H,3-4,9-10,12-13H2,(H,26,27). The Kier molecular flexibility index (Phi) is 4.92. The number of hydrogen-bond acceptors (Lipinski definition) is 3. The van der Waals surface area contributed by atoms with E-state index in [4.69, 9.17) is 0 Å². The summed E-state index contributed by atoms with van der Waals surface area (Å²) >= 11 is 0. The second kappa shape index (κ2) is 7.76. The van der Waals surface area contributed by atoms with Crippen LogP contribution in [0.15, 0.2) is 42.5 Å². The molecule has 2 amide bonds. The van der Waals surface area contributed by atoms with E-state index in [1.807, 2.05) is 24.3 Å². The number of imidazole rings is 1. The molecule has 2 saturated heterocycles. The zero-order valence-electron chi connectivity index (χ0n) is 16.9. The molecule has 3 aromatic rings. The molecule has 0 saturated carbocycles. The van der Waals surface area contributed by atoms with Gasteiger partial charge in [-0.2, -0.15) is 0 Å². The summed E-state index contributed by atoms with van der Waals surface area (Å²) in [6.45, 7) is 1.27. The van der Waals surface area contributed by atoms with Crippen molar-refractivity contribution in [3.05, 3.63) is 59.9 Å². The highest BCUT2D eigenvalue weighted by atomic mass is 19.1. The van der Waals surface area contributed by atoms with E-state index < -0.39 is 17.6 Å². The van der Waals surface area contributed by atoms with Crippen molar-refractivity contribution >= 4 is 28.5 Å². The van der Waals surface area contributed by atoms with Gasteiger partial charge < -0.3 is 14.8 Å². The molecular formula is C23H22F2N4O2. The van der Waals surface area contributed by atoms with Gasteiger partial charge in [-0.25, -0.2) is 13.8 Å². The minimum Gasteiger partial charge on any atom is -0.342 e. The van der Waals surface area contributed by atoms with Gasteiger partial charge in [0.1, 0.15) is 17.5 Å². The minimum absolute atomic E-state index is 0.0143. The van der Waals surface area contributed by atoms with Crippen molar-refractivity contribution < 1.29 is 18.4 Å². The van der Waals surface area contributed by atoms with Crippen LogP contribution in [0.3, 0.4) is 0 Å². The molecule has 2 unspecified atom stereocenters. The van der Waals surface area contributed by atoms with Gasteiger partial charge in [-0.05, 0) is 37.1 Å². The number of carbonyl (C=O) groups is 2. The van der Waals surface area contributed by atoms with Crippen LogP contribution >= 0.6 is 0 Å². The molecule has 2 fully saturated rings. The molecule has 2 atom stereocenters. The lowest BCUT2D eigenvalue weighted by Crippen LogP contribution is -2.43. The van der Waals surface area contributed by atoms with Gasteiger partial charge in [0.15, 0.2) is 0 Å². The fourth-order valence-corrected chi connectivity index (χ4v) is 4.63. The Hall–Kier alpha value is -3.29. The summed E-state index contributed by atoms with van der Waals surface area (Å²) in [5.41, 5.74) is 1.89. The fraction of sp³-hybridized carbons (Fsp3) is 0.348. The van der Waals surface area contributed by atoms with E-state index in [1.165, 1.54) is 11.0 Å². The van der Waals surface area contributed by atoms with E-state index in [0.717, 1.165) is 41.8 Å².